The zero-order valence-electron chi connectivity index (χ0n) is 11.1. The third-order valence-corrected chi connectivity index (χ3v) is 2.41. The molecule has 0 rings (SSSR count). The van der Waals surface area contributed by atoms with Gasteiger partial charge in [0.1, 0.15) is 6.04 Å². The largest absolute Gasteiger partial charge is 0.338 e. The normalized spacial score (nSPS) is 11.9. The summed E-state index contributed by atoms with van der Waals surface area (Å²) >= 11 is 0. The number of hydrogen-bond acceptors (Lipinski definition) is 3. The van der Waals surface area contributed by atoms with Crippen LogP contribution in [0.4, 0.5) is 4.79 Å². The minimum Gasteiger partial charge on any atom is -0.338 e. The average Bonchev–Trinajstić information content (AvgIpc) is 2.32. The molecule has 1 unspecified atom stereocenters. The summed E-state index contributed by atoms with van der Waals surface area (Å²) in [6.45, 7) is 5.13. The Bertz CT molecular complexity index is 232. The van der Waals surface area contributed by atoms with Crippen LogP contribution in [0.5, 0.6) is 0 Å². The molecule has 2 amide bonds. The van der Waals surface area contributed by atoms with Crippen LogP contribution in [0.25, 0.3) is 0 Å². The summed E-state index contributed by atoms with van der Waals surface area (Å²) in [6, 6.07) is -0.694. The summed E-state index contributed by atoms with van der Waals surface area (Å²) in [7, 11) is 1.77. The molecule has 100 valence electrons. The molecule has 5 heteroatoms. The summed E-state index contributed by atoms with van der Waals surface area (Å²) in [5.41, 5.74) is 0. The van der Waals surface area contributed by atoms with E-state index >= 15 is 0 Å². The maximum absolute atomic E-state index is 11.8. The lowest BCUT2D eigenvalue weighted by molar-refractivity contribution is -0.120. The van der Waals surface area contributed by atoms with Gasteiger partial charge in [-0.25, -0.2) is 4.79 Å². The third kappa shape index (κ3) is 7.74. The van der Waals surface area contributed by atoms with Crippen LogP contribution in [0.15, 0.2) is 0 Å². The van der Waals surface area contributed by atoms with Crippen LogP contribution in [0.1, 0.15) is 39.5 Å². The fourth-order valence-corrected chi connectivity index (χ4v) is 1.42. The summed E-state index contributed by atoms with van der Waals surface area (Å²) in [4.78, 5) is 23.3. The first-order valence-corrected chi connectivity index (χ1v) is 6.37. The van der Waals surface area contributed by atoms with Crippen molar-refractivity contribution in [2.24, 2.45) is 0 Å². The number of Topliss-reactive ketones (excluding diaryl/α,β-unsaturated/α-hetero) is 1. The van der Waals surface area contributed by atoms with Crippen molar-refractivity contribution in [1.29, 1.82) is 0 Å². The van der Waals surface area contributed by atoms with Gasteiger partial charge in [-0.05, 0) is 19.9 Å². The second-order valence-electron chi connectivity index (χ2n) is 4.08. The van der Waals surface area contributed by atoms with Crippen LogP contribution in [-0.2, 0) is 4.79 Å². The molecule has 0 fully saturated rings. The highest BCUT2D eigenvalue weighted by atomic mass is 16.2. The van der Waals surface area contributed by atoms with Gasteiger partial charge in [-0.15, -0.1) is 0 Å². The Labute approximate surface area is 104 Å². The first kappa shape index (κ1) is 15.9. The molecule has 3 N–H and O–H groups in total. The van der Waals surface area contributed by atoms with Crippen LogP contribution in [-0.4, -0.2) is 38.0 Å². The maximum atomic E-state index is 11.8. The fraction of sp³-hybridized carbons (Fsp3) is 0.833. The molecule has 0 aliphatic rings. The van der Waals surface area contributed by atoms with E-state index in [1.54, 1.807) is 7.05 Å². The van der Waals surface area contributed by atoms with Gasteiger partial charge in [-0.1, -0.05) is 20.3 Å². The number of hydrogen-bond donors (Lipinski definition) is 3. The zero-order chi connectivity index (χ0) is 13.1. The predicted molar refractivity (Wildman–Crippen MR) is 69.1 cm³/mol. The molecule has 0 bridgehead atoms. The number of amides is 2. The fourth-order valence-electron chi connectivity index (χ4n) is 1.42. The van der Waals surface area contributed by atoms with E-state index in [0.717, 1.165) is 19.3 Å². The quantitative estimate of drug-likeness (QED) is 0.567. The monoisotopic (exact) mass is 243 g/mol. The smallest absolute Gasteiger partial charge is 0.315 e. The summed E-state index contributed by atoms with van der Waals surface area (Å²) in [5, 5.41) is 8.32. The average molecular weight is 243 g/mol. The van der Waals surface area contributed by atoms with Gasteiger partial charge in [0.25, 0.3) is 0 Å². The van der Waals surface area contributed by atoms with Gasteiger partial charge in [0.05, 0.1) is 0 Å². The van der Waals surface area contributed by atoms with E-state index in [1.807, 2.05) is 13.8 Å². The second-order valence-corrected chi connectivity index (χ2v) is 4.08. The van der Waals surface area contributed by atoms with Crippen LogP contribution >= 0.6 is 0 Å². The Hall–Kier alpha value is -1.10. The highest BCUT2D eigenvalue weighted by Crippen LogP contribution is 1.99. The Kier molecular flexibility index (Phi) is 9.43. The molecule has 0 heterocycles. The number of urea groups is 1. The first-order valence-electron chi connectivity index (χ1n) is 6.37. The molecular weight excluding hydrogens is 218 g/mol. The molecule has 1 atom stereocenters. The molecule has 0 aliphatic carbocycles. The van der Waals surface area contributed by atoms with Crippen molar-refractivity contribution in [2.45, 2.75) is 45.6 Å². The number of carbonyl (C=O) groups excluding carboxylic acids is 2. The molecular formula is C12H25N3O2. The standard InChI is InChI=1S/C12H25N3O2/c1-4-6-7-11(16)10(9-13-3)15-12(17)14-8-5-2/h10,13H,4-9H2,1-3H3,(H2,14,15,17). The molecule has 0 aromatic rings. The molecule has 0 aliphatic heterocycles. The number of carbonyl (C=O) groups is 2. The minimum absolute atomic E-state index is 0.0906. The van der Waals surface area contributed by atoms with Crippen LogP contribution in [0.2, 0.25) is 0 Å². The number of rotatable bonds is 9. The van der Waals surface area contributed by atoms with Crippen molar-refractivity contribution < 1.29 is 9.59 Å². The molecule has 0 radical (unpaired) electrons. The van der Waals surface area contributed by atoms with Crippen molar-refractivity contribution in [2.75, 3.05) is 20.1 Å². The van der Waals surface area contributed by atoms with Gasteiger partial charge in [0.15, 0.2) is 5.78 Å². The van der Waals surface area contributed by atoms with E-state index in [0.29, 0.717) is 19.5 Å². The third-order valence-electron chi connectivity index (χ3n) is 2.41. The first-order chi connectivity index (χ1) is 8.15. The van der Waals surface area contributed by atoms with Gasteiger partial charge in [0, 0.05) is 19.5 Å². The van der Waals surface area contributed by atoms with E-state index in [4.69, 9.17) is 0 Å². The Balaban J connectivity index is 4.12. The molecule has 0 saturated carbocycles. The lowest BCUT2D eigenvalue weighted by Crippen LogP contribution is -2.50. The highest BCUT2D eigenvalue weighted by Gasteiger charge is 2.18. The molecule has 0 aromatic carbocycles. The van der Waals surface area contributed by atoms with E-state index < -0.39 is 6.04 Å². The van der Waals surface area contributed by atoms with Gasteiger partial charge in [0.2, 0.25) is 0 Å². The number of nitrogens with one attached hydrogen (secondary N) is 3. The SMILES string of the molecule is CCCCC(=O)C(CNC)NC(=O)NCCC. The van der Waals surface area contributed by atoms with Gasteiger partial charge in [-0.3, -0.25) is 4.79 Å². The molecule has 0 aromatic heterocycles. The number of likely N-dealkylation sites (N-methyl/N-ethyl adjacent to an activating group) is 1. The number of ketones is 1. The van der Waals surface area contributed by atoms with Crippen LogP contribution in [0, 0.1) is 0 Å². The topological polar surface area (TPSA) is 70.2 Å². The maximum Gasteiger partial charge on any atom is 0.315 e. The zero-order valence-corrected chi connectivity index (χ0v) is 11.1. The molecule has 5 nitrogen and oxygen atoms in total. The lowest BCUT2D eigenvalue weighted by Gasteiger charge is -2.17. The van der Waals surface area contributed by atoms with Crippen molar-refractivity contribution in [3.63, 3.8) is 0 Å². The second kappa shape index (κ2) is 10.1. The molecule has 0 saturated heterocycles. The van der Waals surface area contributed by atoms with Gasteiger partial charge >= 0.3 is 6.03 Å². The number of unbranched alkanes of at least 4 members (excludes halogenated alkanes) is 1. The minimum atomic E-state index is -0.427. The Morgan fingerprint density at radius 1 is 1.18 bits per heavy atom. The van der Waals surface area contributed by atoms with Gasteiger partial charge in [-0.2, -0.15) is 0 Å². The Morgan fingerprint density at radius 3 is 2.41 bits per heavy atom. The summed E-state index contributed by atoms with van der Waals surface area (Å²) in [6.07, 6.45) is 3.27. The van der Waals surface area contributed by atoms with E-state index in [-0.39, 0.29) is 11.8 Å². The molecule has 0 spiro atoms. The van der Waals surface area contributed by atoms with E-state index in [2.05, 4.69) is 16.0 Å². The van der Waals surface area contributed by atoms with Crippen LogP contribution in [0.3, 0.4) is 0 Å². The Morgan fingerprint density at radius 2 is 1.88 bits per heavy atom. The molecule has 17 heavy (non-hydrogen) atoms. The van der Waals surface area contributed by atoms with Crippen molar-refractivity contribution in [3.05, 3.63) is 0 Å². The van der Waals surface area contributed by atoms with Crippen LogP contribution < -0.4 is 16.0 Å². The lowest BCUT2D eigenvalue weighted by atomic mass is 10.1. The van der Waals surface area contributed by atoms with E-state index in [9.17, 15) is 9.59 Å². The van der Waals surface area contributed by atoms with E-state index in [1.165, 1.54) is 0 Å². The highest BCUT2D eigenvalue weighted by molar-refractivity contribution is 5.88. The predicted octanol–water partition coefficient (Wildman–Crippen LogP) is 1.04. The van der Waals surface area contributed by atoms with Crippen molar-refractivity contribution in [3.8, 4) is 0 Å². The summed E-state index contributed by atoms with van der Waals surface area (Å²) in [5.74, 6) is 0.0906. The summed E-state index contributed by atoms with van der Waals surface area (Å²) < 4.78 is 0. The van der Waals surface area contributed by atoms with Crippen molar-refractivity contribution in [1.82, 2.24) is 16.0 Å². The van der Waals surface area contributed by atoms with Crippen molar-refractivity contribution >= 4 is 11.8 Å². The van der Waals surface area contributed by atoms with Gasteiger partial charge < -0.3 is 16.0 Å².